The Bertz CT molecular complexity index is 869. The maximum atomic E-state index is 12.5. The molecule has 0 unspecified atom stereocenters. The van der Waals surface area contributed by atoms with Crippen molar-refractivity contribution in [3.05, 3.63) is 60.2 Å². The zero-order chi connectivity index (χ0) is 22.8. The van der Waals surface area contributed by atoms with E-state index in [2.05, 4.69) is 9.80 Å². The van der Waals surface area contributed by atoms with Gasteiger partial charge in [-0.05, 0) is 44.2 Å². The second kappa shape index (κ2) is 12.1. The van der Waals surface area contributed by atoms with E-state index >= 15 is 0 Å². The lowest BCUT2D eigenvalue weighted by Crippen LogP contribution is -2.47. The molecule has 32 heavy (non-hydrogen) atoms. The number of hydroxylamine groups is 1. The molecule has 0 aliphatic carbocycles. The van der Waals surface area contributed by atoms with Crippen LogP contribution in [0.4, 0.5) is 16.2 Å². The van der Waals surface area contributed by atoms with Gasteiger partial charge in [0.2, 0.25) is 0 Å². The highest BCUT2D eigenvalue weighted by atomic mass is 16.7. The van der Waals surface area contributed by atoms with Gasteiger partial charge in [0.25, 0.3) is 0 Å². The second-order valence-electron chi connectivity index (χ2n) is 7.26. The number of hydrogen-bond acceptors (Lipinski definition) is 7. The first-order valence-corrected chi connectivity index (χ1v) is 11.0. The maximum absolute atomic E-state index is 12.5. The Morgan fingerprint density at radius 1 is 0.906 bits per heavy atom. The van der Waals surface area contributed by atoms with E-state index < -0.39 is 6.09 Å². The standard InChI is InChI=1S/C24H31N3O5/c1-3-30-23(28)20-9-8-12-22(19-20)26-15-13-25(14-16-26)17-18-31-24(29)27(32-4-2)21-10-6-5-7-11-21/h5-12,19H,3-4,13-18H2,1-2H3. The van der Waals surface area contributed by atoms with Gasteiger partial charge in [0.15, 0.2) is 0 Å². The molecule has 3 rings (SSSR count). The average molecular weight is 442 g/mol. The molecule has 172 valence electrons. The smallest absolute Gasteiger partial charge is 0.438 e. The zero-order valence-electron chi connectivity index (χ0n) is 18.7. The minimum atomic E-state index is -0.521. The summed E-state index contributed by atoms with van der Waals surface area (Å²) in [6, 6.07) is 16.7. The van der Waals surface area contributed by atoms with Crippen molar-refractivity contribution in [3.63, 3.8) is 0 Å². The van der Waals surface area contributed by atoms with Crippen LogP contribution in [0.3, 0.4) is 0 Å². The van der Waals surface area contributed by atoms with E-state index in [-0.39, 0.29) is 12.6 Å². The first kappa shape index (κ1) is 23.6. The Morgan fingerprint density at radius 2 is 1.66 bits per heavy atom. The molecular formula is C24H31N3O5. The average Bonchev–Trinajstić information content (AvgIpc) is 2.83. The summed E-state index contributed by atoms with van der Waals surface area (Å²) in [5.41, 5.74) is 2.21. The van der Waals surface area contributed by atoms with Crippen LogP contribution in [0, 0.1) is 0 Å². The van der Waals surface area contributed by atoms with Crippen LogP contribution in [-0.4, -0.2) is 69.5 Å². The fourth-order valence-corrected chi connectivity index (χ4v) is 3.52. The number of para-hydroxylation sites is 1. The number of anilines is 2. The third-order valence-electron chi connectivity index (χ3n) is 5.14. The van der Waals surface area contributed by atoms with Gasteiger partial charge in [-0.2, -0.15) is 5.06 Å². The fourth-order valence-electron chi connectivity index (χ4n) is 3.52. The SMILES string of the molecule is CCOC(=O)c1cccc(N2CCN(CCOC(=O)N(OCC)c3ccccc3)CC2)c1. The Morgan fingerprint density at radius 3 is 2.34 bits per heavy atom. The number of carbonyl (C=O) groups is 2. The summed E-state index contributed by atoms with van der Waals surface area (Å²) < 4.78 is 10.5. The Balaban J connectivity index is 1.45. The molecule has 1 fully saturated rings. The highest BCUT2D eigenvalue weighted by Crippen LogP contribution is 2.19. The molecule has 1 aliphatic rings. The van der Waals surface area contributed by atoms with Gasteiger partial charge in [-0.1, -0.05) is 24.3 Å². The first-order chi connectivity index (χ1) is 15.6. The van der Waals surface area contributed by atoms with Crippen molar-refractivity contribution in [2.45, 2.75) is 13.8 Å². The van der Waals surface area contributed by atoms with Crippen molar-refractivity contribution < 1.29 is 23.9 Å². The molecule has 8 heteroatoms. The van der Waals surface area contributed by atoms with Gasteiger partial charge >= 0.3 is 12.1 Å². The molecular weight excluding hydrogens is 410 g/mol. The largest absolute Gasteiger partial charge is 0.462 e. The summed E-state index contributed by atoms with van der Waals surface area (Å²) in [7, 11) is 0. The van der Waals surface area contributed by atoms with E-state index in [1.54, 1.807) is 25.1 Å². The van der Waals surface area contributed by atoms with Gasteiger partial charge in [-0.25, -0.2) is 9.59 Å². The first-order valence-electron chi connectivity index (χ1n) is 11.0. The molecule has 8 nitrogen and oxygen atoms in total. The van der Waals surface area contributed by atoms with Crippen molar-refractivity contribution in [3.8, 4) is 0 Å². The van der Waals surface area contributed by atoms with Crippen LogP contribution in [0.15, 0.2) is 54.6 Å². The van der Waals surface area contributed by atoms with Gasteiger partial charge in [-0.15, -0.1) is 0 Å². The van der Waals surface area contributed by atoms with Crippen molar-refractivity contribution in [2.24, 2.45) is 0 Å². The van der Waals surface area contributed by atoms with E-state index in [9.17, 15) is 9.59 Å². The summed E-state index contributed by atoms with van der Waals surface area (Å²) in [4.78, 5) is 34.4. The van der Waals surface area contributed by atoms with Crippen molar-refractivity contribution in [2.75, 3.05) is 62.5 Å². The third-order valence-corrected chi connectivity index (χ3v) is 5.14. The third kappa shape index (κ3) is 6.45. The summed E-state index contributed by atoms with van der Waals surface area (Å²) >= 11 is 0. The molecule has 0 atom stereocenters. The van der Waals surface area contributed by atoms with Crippen molar-refractivity contribution in [1.82, 2.24) is 4.90 Å². The van der Waals surface area contributed by atoms with Crippen LogP contribution in [-0.2, 0) is 14.3 Å². The molecule has 0 bridgehead atoms. The number of nitrogens with zero attached hydrogens (tertiary/aromatic N) is 3. The van der Waals surface area contributed by atoms with E-state index in [1.165, 1.54) is 5.06 Å². The molecule has 1 heterocycles. The van der Waals surface area contributed by atoms with Crippen molar-refractivity contribution >= 4 is 23.4 Å². The lowest BCUT2D eigenvalue weighted by atomic mass is 10.1. The van der Waals surface area contributed by atoms with Crippen molar-refractivity contribution in [1.29, 1.82) is 0 Å². The molecule has 2 aromatic carbocycles. The van der Waals surface area contributed by atoms with Gasteiger partial charge in [0.1, 0.15) is 6.61 Å². The number of rotatable bonds is 9. The predicted molar refractivity (Wildman–Crippen MR) is 123 cm³/mol. The molecule has 0 aromatic heterocycles. The fraction of sp³-hybridized carbons (Fsp3) is 0.417. The Hall–Kier alpha value is -3.10. The predicted octanol–water partition coefficient (Wildman–Crippen LogP) is 3.58. The normalized spacial score (nSPS) is 14.1. The van der Waals surface area contributed by atoms with Crippen LogP contribution < -0.4 is 9.96 Å². The second-order valence-corrected chi connectivity index (χ2v) is 7.26. The monoisotopic (exact) mass is 441 g/mol. The minimum Gasteiger partial charge on any atom is -0.462 e. The van der Waals surface area contributed by atoms with E-state index in [0.717, 1.165) is 31.9 Å². The highest BCUT2D eigenvalue weighted by Gasteiger charge is 2.21. The quantitative estimate of drug-likeness (QED) is 0.435. The molecule has 1 amide bonds. The summed E-state index contributed by atoms with van der Waals surface area (Å²) in [5, 5.41) is 1.19. The molecule has 1 aliphatic heterocycles. The Kier molecular flexibility index (Phi) is 8.89. The minimum absolute atomic E-state index is 0.285. The van der Waals surface area contributed by atoms with E-state index in [0.29, 0.717) is 31.0 Å². The van der Waals surface area contributed by atoms with E-state index in [1.807, 2.05) is 43.3 Å². The zero-order valence-corrected chi connectivity index (χ0v) is 18.7. The lowest BCUT2D eigenvalue weighted by molar-refractivity contribution is 0.0526. The van der Waals surface area contributed by atoms with E-state index in [4.69, 9.17) is 14.3 Å². The molecule has 0 radical (unpaired) electrons. The summed E-state index contributed by atoms with van der Waals surface area (Å²) in [6.07, 6.45) is -0.521. The number of piperazine rings is 1. The highest BCUT2D eigenvalue weighted by molar-refractivity contribution is 5.90. The number of carbonyl (C=O) groups excluding carboxylic acids is 2. The summed E-state index contributed by atoms with van der Waals surface area (Å²) in [6.45, 7) is 8.63. The molecule has 0 saturated carbocycles. The molecule has 0 spiro atoms. The maximum Gasteiger partial charge on any atom is 0.438 e. The van der Waals surface area contributed by atoms with Gasteiger partial charge in [0, 0.05) is 38.4 Å². The van der Waals surface area contributed by atoms with Crippen LogP contribution >= 0.6 is 0 Å². The molecule has 1 saturated heterocycles. The number of amides is 1. The van der Waals surface area contributed by atoms with Crippen LogP contribution in [0.5, 0.6) is 0 Å². The number of hydrogen-bond donors (Lipinski definition) is 0. The van der Waals surface area contributed by atoms with Crippen LogP contribution in [0.2, 0.25) is 0 Å². The molecule has 0 N–H and O–H groups in total. The van der Waals surface area contributed by atoms with Crippen LogP contribution in [0.1, 0.15) is 24.2 Å². The van der Waals surface area contributed by atoms with Gasteiger partial charge in [-0.3, -0.25) is 9.74 Å². The number of ether oxygens (including phenoxy) is 2. The van der Waals surface area contributed by atoms with Gasteiger partial charge in [0.05, 0.1) is 24.5 Å². The number of benzene rings is 2. The number of esters is 1. The van der Waals surface area contributed by atoms with Crippen LogP contribution in [0.25, 0.3) is 0 Å². The van der Waals surface area contributed by atoms with Gasteiger partial charge < -0.3 is 14.4 Å². The Labute approximate surface area is 189 Å². The lowest BCUT2D eigenvalue weighted by Gasteiger charge is -2.36. The molecule has 2 aromatic rings. The summed E-state index contributed by atoms with van der Waals surface area (Å²) in [5.74, 6) is -0.300. The topological polar surface area (TPSA) is 71.6 Å².